The summed E-state index contributed by atoms with van der Waals surface area (Å²) in [6, 6.07) is 26.7. The number of hydrogen-bond acceptors (Lipinski definition) is 4. The standard InChI is InChI=1S/C26H21N3O3/c1-17(18-11-14-21(15-12-18)27-25(31)20-8-3-2-4-9-20)28-29-26(32)24-22-10-6-5-7-19(22)13-16-23(24)30/h2-16,30H,1H3,(H,27,31)(H,29,32)/b28-17-. The van der Waals surface area contributed by atoms with Crippen LogP contribution in [-0.4, -0.2) is 22.6 Å². The largest absolute Gasteiger partial charge is 0.507 e. The molecule has 4 aromatic carbocycles. The Morgan fingerprint density at radius 2 is 1.44 bits per heavy atom. The van der Waals surface area contributed by atoms with Gasteiger partial charge in [0.05, 0.1) is 11.3 Å². The van der Waals surface area contributed by atoms with E-state index in [1.165, 1.54) is 6.07 Å². The molecule has 4 rings (SSSR count). The number of fused-ring (bicyclic) bond motifs is 1. The maximum absolute atomic E-state index is 12.7. The Labute approximate surface area is 185 Å². The zero-order valence-corrected chi connectivity index (χ0v) is 17.4. The molecule has 4 aromatic rings. The summed E-state index contributed by atoms with van der Waals surface area (Å²) in [6.45, 7) is 1.76. The molecule has 0 aliphatic rings. The molecule has 0 spiro atoms. The maximum atomic E-state index is 12.7. The molecule has 0 saturated carbocycles. The Morgan fingerprint density at radius 1 is 0.750 bits per heavy atom. The smallest absolute Gasteiger partial charge is 0.275 e. The van der Waals surface area contributed by atoms with Gasteiger partial charge in [0.25, 0.3) is 11.8 Å². The van der Waals surface area contributed by atoms with Crippen molar-refractivity contribution >= 4 is 34.0 Å². The van der Waals surface area contributed by atoms with Crippen molar-refractivity contribution in [1.29, 1.82) is 0 Å². The molecular formula is C26H21N3O3. The normalized spacial score (nSPS) is 11.2. The SMILES string of the molecule is C/C(=N/NC(=O)c1c(O)ccc2ccccc12)c1ccc(NC(=O)c2ccccc2)cc1. The van der Waals surface area contributed by atoms with Gasteiger partial charge in [0.2, 0.25) is 0 Å². The van der Waals surface area contributed by atoms with Crippen molar-refractivity contribution in [1.82, 2.24) is 5.43 Å². The van der Waals surface area contributed by atoms with Crippen LogP contribution in [0, 0.1) is 0 Å². The number of amides is 2. The van der Waals surface area contributed by atoms with E-state index < -0.39 is 5.91 Å². The quantitative estimate of drug-likeness (QED) is 0.313. The number of nitrogens with zero attached hydrogens (tertiary/aromatic N) is 1. The average Bonchev–Trinajstić information content (AvgIpc) is 2.83. The Morgan fingerprint density at radius 3 is 2.19 bits per heavy atom. The van der Waals surface area contributed by atoms with Gasteiger partial charge in [0.1, 0.15) is 5.75 Å². The van der Waals surface area contributed by atoms with E-state index in [0.29, 0.717) is 22.3 Å². The van der Waals surface area contributed by atoms with E-state index in [4.69, 9.17) is 0 Å². The van der Waals surface area contributed by atoms with Crippen LogP contribution in [0.5, 0.6) is 5.75 Å². The summed E-state index contributed by atoms with van der Waals surface area (Å²) in [4.78, 5) is 25.0. The van der Waals surface area contributed by atoms with Gasteiger partial charge in [-0.1, -0.05) is 60.7 Å². The van der Waals surface area contributed by atoms with Crippen LogP contribution < -0.4 is 10.7 Å². The van der Waals surface area contributed by atoms with Gasteiger partial charge in [-0.3, -0.25) is 9.59 Å². The molecule has 2 amide bonds. The predicted octanol–water partition coefficient (Wildman–Crippen LogP) is 4.95. The first-order valence-corrected chi connectivity index (χ1v) is 10.0. The molecule has 158 valence electrons. The molecule has 0 aliphatic carbocycles. The predicted molar refractivity (Wildman–Crippen MR) is 126 cm³/mol. The highest BCUT2D eigenvalue weighted by atomic mass is 16.3. The second kappa shape index (κ2) is 9.14. The fraction of sp³-hybridized carbons (Fsp3) is 0.0385. The number of rotatable bonds is 5. The number of aromatic hydroxyl groups is 1. The maximum Gasteiger partial charge on any atom is 0.275 e. The van der Waals surface area contributed by atoms with Gasteiger partial charge in [-0.15, -0.1) is 0 Å². The highest BCUT2D eigenvalue weighted by Crippen LogP contribution is 2.27. The van der Waals surface area contributed by atoms with Crippen molar-refractivity contribution in [2.45, 2.75) is 6.92 Å². The summed E-state index contributed by atoms with van der Waals surface area (Å²) in [6.07, 6.45) is 0. The van der Waals surface area contributed by atoms with Gasteiger partial charge in [0, 0.05) is 11.3 Å². The van der Waals surface area contributed by atoms with Crippen LogP contribution in [0.4, 0.5) is 5.69 Å². The van der Waals surface area contributed by atoms with Gasteiger partial charge in [0.15, 0.2) is 0 Å². The number of anilines is 1. The Kier molecular flexibility index (Phi) is 5.94. The molecule has 0 saturated heterocycles. The van der Waals surface area contributed by atoms with Crippen molar-refractivity contribution in [3.63, 3.8) is 0 Å². The van der Waals surface area contributed by atoms with Crippen LogP contribution in [-0.2, 0) is 0 Å². The Bertz CT molecular complexity index is 1310. The molecule has 3 N–H and O–H groups in total. The lowest BCUT2D eigenvalue weighted by molar-refractivity contribution is 0.0953. The molecule has 0 heterocycles. The van der Waals surface area contributed by atoms with Crippen LogP contribution in [0.1, 0.15) is 33.2 Å². The molecule has 0 unspecified atom stereocenters. The fourth-order valence-electron chi connectivity index (χ4n) is 3.34. The van der Waals surface area contributed by atoms with E-state index in [9.17, 15) is 14.7 Å². The number of nitrogens with one attached hydrogen (secondary N) is 2. The lowest BCUT2D eigenvalue weighted by Crippen LogP contribution is -2.20. The highest BCUT2D eigenvalue weighted by molar-refractivity contribution is 6.10. The molecule has 6 nitrogen and oxygen atoms in total. The van der Waals surface area contributed by atoms with E-state index in [1.54, 1.807) is 55.5 Å². The van der Waals surface area contributed by atoms with Crippen LogP contribution in [0.15, 0.2) is 96.1 Å². The molecule has 0 radical (unpaired) electrons. The topological polar surface area (TPSA) is 90.8 Å². The zero-order valence-electron chi connectivity index (χ0n) is 17.4. The molecule has 0 aromatic heterocycles. The van der Waals surface area contributed by atoms with E-state index in [-0.39, 0.29) is 17.2 Å². The summed E-state index contributed by atoms with van der Waals surface area (Å²) in [5.74, 6) is -0.788. The third-order valence-corrected chi connectivity index (χ3v) is 5.06. The van der Waals surface area contributed by atoms with E-state index >= 15 is 0 Å². The lowest BCUT2D eigenvalue weighted by Gasteiger charge is -2.09. The van der Waals surface area contributed by atoms with Gasteiger partial charge in [-0.25, -0.2) is 5.43 Å². The second-order valence-corrected chi connectivity index (χ2v) is 7.22. The van der Waals surface area contributed by atoms with Gasteiger partial charge >= 0.3 is 0 Å². The van der Waals surface area contributed by atoms with E-state index in [0.717, 1.165) is 10.9 Å². The van der Waals surface area contributed by atoms with E-state index in [2.05, 4.69) is 15.8 Å². The number of phenolic OH excluding ortho intramolecular Hbond substituents is 1. The first-order chi connectivity index (χ1) is 15.5. The van der Waals surface area contributed by atoms with E-state index in [1.807, 2.05) is 36.4 Å². The lowest BCUT2D eigenvalue weighted by atomic mass is 10.0. The molecule has 0 atom stereocenters. The fourth-order valence-corrected chi connectivity index (χ4v) is 3.34. The second-order valence-electron chi connectivity index (χ2n) is 7.22. The summed E-state index contributed by atoms with van der Waals surface area (Å²) < 4.78 is 0. The molecule has 0 bridgehead atoms. The van der Waals surface area contributed by atoms with Crippen LogP contribution >= 0.6 is 0 Å². The van der Waals surface area contributed by atoms with Gasteiger partial charge < -0.3 is 10.4 Å². The minimum Gasteiger partial charge on any atom is -0.507 e. The monoisotopic (exact) mass is 423 g/mol. The minimum absolute atomic E-state index is 0.104. The molecule has 6 heteroatoms. The summed E-state index contributed by atoms with van der Waals surface area (Å²) >= 11 is 0. The zero-order chi connectivity index (χ0) is 22.5. The third-order valence-electron chi connectivity index (χ3n) is 5.06. The molecular weight excluding hydrogens is 402 g/mol. The third kappa shape index (κ3) is 4.49. The van der Waals surface area contributed by atoms with Crippen molar-refractivity contribution in [2.75, 3.05) is 5.32 Å². The molecule has 32 heavy (non-hydrogen) atoms. The van der Waals surface area contributed by atoms with Crippen LogP contribution in [0.25, 0.3) is 10.8 Å². The first-order valence-electron chi connectivity index (χ1n) is 10.0. The van der Waals surface area contributed by atoms with Crippen molar-refractivity contribution < 1.29 is 14.7 Å². The van der Waals surface area contributed by atoms with Crippen LogP contribution in [0.2, 0.25) is 0 Å². The number of hydrogen-bond donors (Lipinski definition) is 3. The number of carbonyl (C=O) groups is 2. The minimum atomic E-state index is -0.495. The summed E-state index contributed by atoms with van der Waals surface area (Å²) in [7, 11) is 0. The highest BCUT2D eigenvalue weighted by Gasteiger charge is 2.15. The van der Waals surface area contributed by atoms with Gasteiger partial charge in [-0.05, 0) is 53.6 Å². The summed E-state index contributed by atoms with van der Waals surface area (Å²) in [5.41, 5.74) is 5.29. The van der Waals surface area contributed by atoms with Crippen molar-refractivity contribution in [3.8, 4) is 5.75 Å². The van der Waals surface area contributed by atoms with Crippen molar-refractivity contribution in [2.24, 2.45) is 5.10 Å². The first kappa shape index (κ1) is 20.8. The van der Waals surface area contributed by atoms with Crippen molar-refractivity contribution in [3.05, 3.63) is 108 Å². The van der Waals surface area contributed by atoms with Gasteiger partial charge in [-0.2, -0.15) is 5.10 Å². The number of hydrazone groups is 1. The molecule has 0 aliphatic heterocycles. The molecule has 0 fully saturated rings. The summed E-state index contributed by atoms with van der Waals surface area (Å²) in [5, 5.41) is 18.7. The average molecular weight is 423 g/mol. The number of carbonyl (C=O) groups excluding carboxylic acids is 2. The Balaban J connectivity index is 1.46. The van der Waals surface area contributed by atoms with Crippen LogP contribution in [0.3, 0.4) is 0 Å². The number of phenols is 1. The number of benzene rings is 4. The Hall–Kier alpha value is -4.45.